The lowest BCUT2D eigenvalue weighted by Crippen LogP contribution is -2.58. The van der Waals surface area contributed by atoms with Gasteiger partial charge < -0.3 is 9.88 Å². The fourth-order valence-electron chi connectivity index (χ4n) is 1.91. The second-order valence-corrected chi connectivity index (χ2v) is 4.11. The van der Waals surface area contributed by atoms with E-state index in [1.807, 2.05) is 12.5 Å². The molecule has 0 aromatic carbocycles. The molecule has 1 aliphatic rings. The Morgan fingerprint density at radius 2 is 2.38 bits per heavy atom. The molecule has 1 saturated heterocycles. The zero-order valence-corrected chi connectivity index (χ0v) is 8.38. The SMILES string of the molecule is CCCc1cncn1C1(C)CNC1. The van der Waals surface area contributed by atoms with E-state index in [9.17, 15) is 0 Å². The predicted octanol–water partition coefficient (Wildman–Crippen LogP) is 1.15. The summed E-state index contributed by atoms with van der Waals surface area (Å²) in [5.41, 5.74) is 1.65. The summed E-state index contributed by atoms with van der Waals surface area (Å²) in [4.78, 5) is 4.22. The molecule has 72 valence electrons. The van der Waals surface area contributed by atoms with Crippen molar-refractivity contribution in [1.82, 2.24) is 14.9 Å². The Kier molecular flexibility index (Phi) is 2.12. The zero-order chi connectivity index (χ0) is 9.31. The Morgan fingerprint density at radius 3 is 2.92 bits per heavy atom. The lowest BCUT2D eigenvalue weighted by Gasteiger charge is -2.41. The van der Waals surface area contributed by atoms with Crippen LogP contribution in [0.4, 0.5) is 0 Å². The van der Waals surface area contributed by atoms with Crippen LogP contribution >= 0.6 is 0 Å². The van der Waals surface area contributed by atoms with Crippen LogP contribution in [0.5, 0.6) is 0 Å². The van der Waals surface area contributed by atoms with E-state index in [0.29, 0.717) is 0 Å². The Labute approximate surface area is 79.2 Å². The first kappa shape index (κ1) is 8.75. The second-order valence-electron chi connectivity index (χ2n) is 4.11. The summed E-state index contributed by atoms with van der Waals surface area (Å²) in [6, 6.07) is 0. The van der Waals surface area contributed by atoms with E-state index in [1.54, 1.807) is 0 Å². The van der Waals surface area contributed by atoms with Crippen LogP contribution in [0.1, 0.15) is 26.0 Å². The van der Waals surface area contributed by atoms with Gasteiger partial charge in [0.2, 0.25) is 0 Å². The van der Waals surface area contributed by atoms with Gasteiger partial charge in [-0.1, -0.05) is 13.3 Å². The molecule has 0 unspecified atom stereocenters. The molecule has 1 aromatic heterocycles. The highest BCUT2D eigenvalue weighted by Gasteiger charge is 2.34. The summed E-state index contributed by atoms with van der Waals surface area (Å²) < 4.78 is 2.33. The van der Waals surface area contributed by atoms with Crippen LogP contribution in [0, 0.1) is 0 Å². The minimum atomic E-state index is 0.279. The molecule has 0 spiro atoms. The Hall–Kier alpha value is -0.830. The average molecular weight is 179 g/mol. The molecule has 0 bridgehead atoms. The van der Waals surface area contributed by atoms with E-state index >= 15 is 0 Å². The number of aryl methyl sites for hydroxylation is 1. The first-order valence-electron chi connectivity index (χ1n) is 4.99. The van der Waals surface area contributed by atoms with Crippen LogP contribution < -0.4 is 5.32 Å². The van der Waals surface area contributed by atoms with E-state index in [0.717, 1.165) is 19.5 Å². The molecule has 2 heterocycles. The molecule has 1 fully saturated rings. The molecule has 1 N–H and O–H groups in total. The van der Waals surface area contributed by atoms with Gasteiger partial charge in [0.15, 0.2) is 0 Å². The molecule has 13 heavy (non-hydrogen) atoms. The molecule has 0 radical (unpaired) electrons. The molecular formula is C10H17N3. The van der Waals surface area contributed by atoms with Crippen molar-refractivity contribution in [3.63, 3.8) is 0 Å². The summed E-state index contributed by atoms with van der Waals surface area (Å²) in [5.74, 6) is 0. The van der Waals surface area contributed by atoms with Crippen molar-refractivity contribution in [2.75, 3.05) is 13.1 Å². The molecule has 0 amide bonds. The number of hydrogen-bond donors (Lipinski definition) is 1. The molecule has 2 rings (SSSR count). The second kappa shape index (κ2) is 3.14. The largest absolute Gasteiger partial charge is 0.326 e. The van der Waals surface area contributed by atoms with E-state index in [-0.39, 0.29) is 5.54 Å². The van der Waals surface area contributed by atoms with Crippen LogP contribution in [0.25, 0.3) is 0 Å². The first-order valence-corrected chi connectivity index (χ1v) is 4.99. The summed E-state index contributed by atoms with van der Waals surface area (Å²) >= 11 is 0. The average Bonchev–Trinajstić information content (AvgIpc) is 2.49. The maximum absolute atomic E-state index is 4.22. The van der Waals surface area contributed by atoms with Crippen molar-refractivity contribution in [1.29, 1.82) is 0 Å². The molecule has 1 aliphatic heterocycles. The highest BCUT2D eigenvalue weighted by Crippen LogP contribution is 2.22. The summed E-state index contributed by atoms with van der Waals surface area (Å²) in [6.07, 6.45) is 6.28. The van der Waals surface area contributed by atoms with Crippen LogP contribution in [-0.4, -0.2) is 22.6 Å². The molecule has 1 aromatic rings. The number of aromatic nitrogens is 2. The molecule has 0 atom stereocenters. The third kappa shape index (κ3) is 1.37. The lowest BCUT2D eigenvalue weighted by atomic mass is 9.94. The monoisotopic (exact) mass is 179 g/mol. The Morgan fingerprint density at radius 1 is 1.62 bits per heavy atom. The number of imidazole rings is 1. The highest BCUT2D eigenvalue weighted by molar-refractivity contribution is 5.08. The summed E-state index contributed by atoms with van der Waals surface area (Å²) in [7, 11) is 0. The third-order valence-electron chi connectivity index (χ3n) is 2.81. The summed E-state index contributed by atoms with van der Waals surface area (Å²) in [6.45, 7) is 6.63. The Bertz CT molecular complexity index is 286. The van der Waals surface area contributed by atoms with Crippen molar-refractivity contribution in [2.45, 2.75) is 32.2 Å². The van der Waals surface area contributed by atoms with Gasteiger partial charge in [0.1, 0.15) is 0 Å². The van der Waals surface area contributed by atoms with Gasteiger partial charge in [-0.05, 0) is 13.3 Å². The normalized spacial score (nSPS) is 19.8. The quantitative estimate of drug-likeness (QED) is 0.754. The van der Waals surface area contributed by atoms with Crippen LogP contribution in [0.15, 0.2) is 12.5 Å². The van der Waals surface area contributed by atoms with Crippen LogP contribution in [0.3, 0.4) is 0 Å². The van der Waals surface area contributed by atoms with E-state index in [2.05, 4.69) is 28.7 Å². The molecular weight excluding hydrogens is 162 g/mol. The maximum atomic E-state index is 4.22. The van der Waals surface area contributed by atoms with Crippen molar-refractivity contribution in [3.8, 4) is 0 Å². The minimum Gasteiger partial charge on any atom is -0.326 e. The van der Waals surface area contributed by atoms with Crippen molar-refractivity contribution in [3.05, 3.63) is 18.2 Å². The number of hydrogen-bond acceptors (Lipinski definition) is 2. The van der Waals surface area contributed by atoms with Gasteiger partial charge in [0.25, 0.3) is 0 Å². The van der Waals surface area contributed by atoms with Gasteiger partial charge in [-0.2, -0.15) is 0 Å². The molecule has 0 aliphatic carbocycles. The summed E-state index contributed by atoms with van der Waals surface area (Å²) in [5, 5.41) is 3.31. The fourth-order valence-corrected chi connectivity index (χ4v) is 1.91. The van der Waals surface area contributed by atoms with Crippen molar-refractivity contribution >= 4 is 0 Å². The van der Waals surface area contributed by atoms with Gasteiger partial charge in [0.05, 0.1) is 11.9 Å². The highest BCUT2D eigenvalue weighted by atomic mass is 15.2. The van der Waals surface area contributed by atoms with Crippen molar-refractivity contribution < 1.29 is 0 Å². The maximum Gasteiger partial charge on any atom is 0.0954 e. The predicted molar refractivity (Wildman–Crippen MR) is 52.7 cm³/mol. The van der Waals surface area contributed by atoms with E-state index in [1.165, 1.54) is 12.1 Å². The van der Waals surface area contributed by atoms with Gasteiger partial charge >= 0.3 is 0 Å². The fraction of sp³-hybridized carbons (Fsp3) is 0.700. The first-order chi connectivity index (χ1) is 6.26. The number of nitrogens with one attached hydrogen (secondary N) is 1. The molecule has 3 nitrogen and oxygen atoms in total. The van der Waals surface area contributed by atoms with Gasteiger partial charge in [-0.25, -0.2) is 4.98 Å². The smallest absolute Gasteiger partial charge is 0.0954 e. The van der Waals surface area contributed by atoms with Crippen molar-refractivity contribution in [2.24, 2.45) is 0 Å². The number of rotatable bonds is 3. The third-order valence-corrected chi connectivity index (χ3v) is 2.81. The zero-order valence-electron chi connectivity index (χ0n) is 8.38. The molecule has 3 heteroatoms. The lowest BCUT2D eigenvalue weighted by molar-refractivity contribution is 0.195. The topological polar surface area (TPSA) is 29.9 Å². The number of nitrogens with zero attached hydrogens (tertiary/aromatic N) is 2. The van der Waals surface area contributed by atoms with Gasteiger partial charge in [-0.3, -0.25) is 0 Å². The standard InChI is InChI=1S/C10H17N3/c1-3-4-9-5-11-8-13(9)10(2)6-12-7-10/h5,8,12H,3-4,6-7H2,1-2H3. The van der Waals surface area contributed by atoms with Gasteiger partial charge in [0, 0.05) is 25.0 Å². The molecule has 0 saturated carbocycles. The minimum absolute atomic E-state index is 0.279. The van der Waals surface area contributed by atoms with E-state index in [4.69, 9.17) is 0 Å². The van der Waals surface area contributed by atoms with Crippen LogP contribution in [0.2, 0.25) is 0 Å². The van der Waals surface area contributed by atoms with E-state index < -0.39 is 0 Å². The van der Waals surface area contributed by atoms with Gasteiger partial charge in [-0.15, -0.1) is 0 Å². The Balaban J connectivity index is 2.23. The van der Waals surface area contributed by atoms with Crippen LogP contribution in [-0.2, 0) is 12.0 Å².